The minimum absolute atomic E-state index is 0.220. The summed E-state index contributed by atoms with van der Waals surface area (Å²) in [6.45, 7) is 1.70. The van der Waals surface area contributed by atoms with E-state index >= 15 is 0 Å². The van der Waals surface area contributed by atoms with Crippen LogP contribution in [0.1, 0.15) is 25.3 Å². The van der Waals surface area contributed by atoms with Gasteiger partial charge < -0.3 is 10.6 Å². The van der Waals surface area contributed by atoms with Gasteiger partial charge in [-0.2, -0.15) is 17.9 Å². The van der Waals surface area contributed by atoms with Crippen LogP contribution < -0.4 is 10.5 Å². The lowest BCUT2D eigenvalue weighted by atomic mass is 9.96. The van der Waals surface area contributed by atoms with Gasteiger partial charge in [0.25, 0.3) is 0 Å². The molecule has 2 amide bonds. The third-order valence-corrected chi connectivity index (χ3v) is 5.99. The largest absolute Gasteiger partial charge is 0.417 e. The Morgan fingerprint density at radius 2 is 1.78 bits per heavy atom. The number of nitrogens with two attached hydrogens (primary N) is 1. The van der Waals surface area contributed by atoms with E-state index < -0.39 is 44.5 Å². The lowest BCUT2D eigenvalue weighted by Gasteiger charge is -2.32. The van der Waals surface area contributed by atoms with Crippen LogP contribution >= 0.6 is 0 Å². The number of primary amides is 1. The standard InChI is InChI=1S/C16H20F3N3O4S/c1-10(15(24)22-8-6-11(7-9-22)14(20)23)21-27(25,26)13-5-3-2-4-12(13)16(17,18)19/h2-5,10-11,21H,6-9H2,1H3,(H2,20,23)/t10-/m0/s1. The van der Waals surface area contributed by atoms with E-state index in [2.05, 4.69) is 0 Å². The van der Waals surface area contributed by atoms with Crippen LogP contribution in [0.25, 0.3) is 0 Å². The number of benzene rings is 1. The minimum atomic E-state index is -4.85. The first-order valence-corrected chi connectivity index (χ1v) is 9.68. The maximum absolute atomic E-state index is 13.1. The third kappa shape index (κ3) is 4.98. The van der Waals surface area contributed by atoms with Crippen molar-refractivity contribution in [3.63, 3.8) is 0 Å². The number of alkyl halides is 3. The number of halogens is 3. The van der Waals surface area contributed by atoms with Gasteiger partial charge in [0.2, 0.25) is 21.8 Å². The van der Waals surface area contributed by atoms with Crippen LogP contribution in [0.2, 0.25) is 0 Å². The number of carbonyl (C=O) groups excluding carboxylic acids is 2. The molecule has 1 aromatic rings. The number of hydrogen-bond acceptors (Lipinski definition) is 4. The highest BCUT2D eigenvalue weighted by molar-refractivity contribution is 7.89. The molecule has 0 bridgehead atoms. The highest BCUT2D eigenvalue weighted by Crippen LogP contribution is 2.34. The topological polar surface area (TPSA) is 110 Å². The van der Waals surface area contributed by atoms with Crippen molar-refractivity contribution in [1.82, 2.24) is 9.62 Å². The molecule has 11 heteroatoms. The van der Waals surface area contributed by atoms with Crippen molar-refractivity contribution in [3.8, 4) is 0 Å². The van der Waals surface area contributed by atoms with Crippen LogP contribution in [0.4, 0.5) is 13.2 Å². The SMILES string of the molecule is C[C@H](NS(=O)(=O)c1ccccc1C(F)(F)F)C(=O)N1CCC(C(N)=O)CC1. The second kappa shape index (κ2) is 7.85. The predicted molar refractivity (Wildman–Crippen MR) is 89.7 cm³/mol. The van der Waals surface area contributed by atoms with Crippen LogP contribution in [0.5, 0.6) is 0 Å². The van der Waals surface area contributed by atoms with E-state index in [0.29, 0.717) is 18.9 Å². The minimum Gasteiger partial charge on any atom is -0.369 e. The number of hydrogen-bond donors (Lipinski definition) is 2. The molecule has 1 atom stereocenters. The molecule has 150 valence electrons. The maximum Gasteiger partial charge on any atom is 0.417 e. The molecule has 0 unspecified atom stereocenters. The highest BCUT2D eigenvalue weighted by atomic mass is 32.2. The number of rotatable bonds is 5. The number of nitrogens with zero attached hydrogens (tertiary/aromatic N) is 1. The Kier molecular flexibility index (Phi) is 6.15. The van der Waals surface area contributed by atoms with Crippen molar-refractivity contribution in [1.29, 1.82) is 0 Å². The fourth-order valence-corrected chi connectivity index (χ4v) is 4.36. The average molecular weight is 407 g/mol. The molecule has 0 aromatic heterocycles. The van der Waals surface area contributed by atoms with Gasteiger partial charge in [-0.1, -0.05) is 12.1 Å². The number of piperidine rings is 1. The zero-order valence-corrected chi connectivity index (χ0v) is 15.3. The normalized spacial score (nSPS) is 17.6. The van der Waals surface area contributed by atoms with Crippen molar-refractivity contribution >= 4 is 21.8 Å². The zero-order valence-electron chi connectivity index (χ0n) is 14.5. The van der Waals surface area contributed by atoms with Gasteiger partial charge in [-0.25, -0.2) is 8.42 Å². The number of nitrogens with one attached hydrogen (secondary N) is 1. The molecule has 27 heavy (non-hydrogen) atoms. The van der Waals surface area contributed by atoms with Crippen molar-refractivity contribution in [2.75, 3.05) is 13.1 Å². The molecular formula is C16H20F3N3O4S. The molecule has 2 rings (SSSR count). The molecule has 1 heterocycles. The van der Waals surface area contributed by atoms with Gasteiger partial charge in [-0.15, -0.1) is 0 Å². The Morgan fingerprint density at radius 3 is 2.30 bits per heavy atom. The van der Waals surface area contributed by atoms with Gasteiger partial charge in [-0.3, -0.25) is 9.59 Å². The van der Waals surface area contributed by atoms with Crippen LogP contribution in [-0.4, -0.2) is 44.3 Å². The first-order chi connectivity index (χ1) is 12.4. The smallest absolute Gasteiger partial charge is 0.369 e. The Balaban J connectivity index is 2.12. The molecule has 1 aromatic carbocycles. The Morgan fingerprint density at radius 1 is 1.22 bits per heavy atom. The molecule has 0 radical (unpaired) electrons. The average Bonchev–Trinajstić information content (AvgIpc) is 2.60. The van der Waals surface area contributed by atoms with Gasteiger partial charge in [0, 0.05) is 19.0 Å². The highest BCUT2D eigenvalue weighted by Gasteiger charge is 2.38. The monoisotopic (exact) mass is 407 g/mol. The molecule has 3 N–H and O–H groups in total. The molecule has 0 saturated carbocycles. The lowest BCUT2D eigenvalue weighted by Crippen LogP contribution is -2.50. The molecule has 1 saturated heterocycles. The van der Waals surface area contributed by atoms with Crippen LogP contribution in [0.15, 0.2) is 29.2 Å². The van der Waals surface area contributed by atoms with Crippen molar-refractivity contribution < 1.29 is 31.2 Å². The van der Waals surface area contributed by atoms with E-state index in [4.69, 9.17) is 5.73 Å². The summed E-state index contributed by atoms with van der Waals surface area (Å²) in [5, 5.41) is 0. The molecule has 1 fully saturated rings. The van der Waals surface area contributed by atoms with E-state index in [1.54, 1.807) is 0 Å². The molecule has 7 nitrogen and oxygen atoms in total. The second-order valence-corrected chi connectivity index (χ2v) is 8.02. The summed E-state index contributed by atoms with van der Waals surface area (Å²) in [6.07, 6.45) is -4.13. The fourth-order valence-electron chi connectivity index (χ4n) is 2.94. The van der Waals surface area contributed by atoms with E-state index in [0.717, 1.165) is 12.1 Å². The van der Waals surface area contributed by atoms with Crippen LogP contribution in [-0.2, 0) is 25.8 Å². The molecule has 0 aliphatic carbocycles. The van der Waals surface area contributed by atoms with Crippen molar-refractivity contribution in [3.05, 3.63) is 29.8 Å². The number of sulfonamides is 1. The third-order valence-electron chi connectivity index (χ3n) is 4.39. The second-order valence-electron chi connectivity index (χ2n) is 6.34. The number of likely N-dealkylation sites (tertiary alicyclic amines) is 1. The molecular weight excluding hydrogens is 387 g/mol. The number of amides is 2. The first-order valence-electron chi connectivity index (χ1n) is 8.20. The maximum atomic E-state index is 13.1. The summed E-state index contributed by atoms with van der Waals surface area (Å²) in [5.74, 6) is -1.38. The predicted octanol–water partition coefficient (Wildman–Crippen LogP) is 1.10. The van der Waals surface area contributed by atoms with Crippen molar-refractivity contribution in [2.45, 2.75) is 36.9 Å². The summed E-state index contributed by atoms with van der Waals surface area (Å²) in [7, 11) is -4.57. The zero-order chi connectivity index (χ0) is 20.4. The van der Waals surface area contributed by atoms with Crippen molar-refractivity contribution in [2.24, 2.45) is 11.7 Å². The lowest BCUT2D eigenvalue weighted by molar-refractivity contribution is -0.139. The summed E-state index contributed by atoms with van der Waals surface area (Å²) in [6, 6.07) is 2.49. The number of carbonyl (C=O) groups is 2. The summed E-state index contributed by atoms with van der Waals surface area (Å²) < 4.78 is 66.0. The van der Waals surface area contributed by atoms with E-state index in [-0.39, 0.29) is 19.0 Å². The first kappa shape index (κ1) is 21.2. The van der Waals surface area contributed by atoms with E-state index in [1.807, 2.05) is 4.72 Å². The van der Waals surface area contributed by atoms with E-state index in [9.17, 15) is 31.2 Å². The quantitative estimate of drug-likeness (QED) is 0.762. The van der Waals surface area contributed by atoms with Gasteiger partial charge in [0.1, 0.15) is 0 Å². The van der Waals surface area contributed by atoms with Gasteiger partial charge >= 0.3 is 6.18 Å². The Bertz CT molecular complexity index is 818. The molecule has 1 aliphatic heterocycles. The van der Waals surface area contributed by atoms with Crippen LogP contribution in [0, 0.1) is 5.92 Å². The van der Waals surface area contributed by atoms with Gasteiger partial charge in [0.15, 0.2) is 0 Å². The Labute approximate surface area is 154 Å². The molecule has 1 aliphatic rings. The fraction of sp³-hybridized carbons (Fsp3) is 0.500. The summed E-state index contributed by atoms with van der Waals surface area (Å²) >= 11 is 0. The van der Waals surface area contributed by atoms with E-state index in [1.165, 1.54) is 17.9 Å². The summed E-state index contributed by atoms with van der Waals surface area (Å²) in [5.41, 5.74) is 3.91. The van der Waals surface area contributed by atoms with Crippen LogP contribution in [0.3, 0.4) is 0 Å². The Hall–Kier alpha value is -2.14. The van der Waals surface area contributed by atoms with Gasteiger partial charge in [0.05, 0.1) is 16.5 Å². The summed E-state index contributed by atoms with van der Waals surface area (Å²) in [4.78, 5) is 24.0. The van der Waals surface area contributed by atoms with Gasteiger partial charge in [-0.05, 0) is 31.9 Å². The molecule has 0 spiro atoms.